The summed E-state index contributed by atoms with van der Waals surface area (Å²) < 4.78 is 4.90. The van der Waals surface area contributed by atoms with Crippen LogP contribution in [0.5, 0.6) is 6.01 Å². The van der Waals surface area contributed by atoms with Crippen LogP contribution < -0.4 is 4.74 Å². The number of nitrogens with zero attached hydrogens (tertiary/aromatic N) is 2. The van der Waals surface area contributed by atoms with E-state index < -0.39 is 0 Å². The van der Waals surface area contributed by atoms with Crippen LogP contribution in [0, 0.1) is 6.92 Å². The molecule has 0 fully saturated rings. The van der Waals surface area contributed by atoms with E-state index in [0.29, 0.717) is 6.01 Å². The Morgan fingerprint density at radius 3 is 2.73 bits per heavy atom. The van der Waals surface area contributed by atoms with E-state index in [1.807, 2.05) is 19.2 Å². The number of aromatic nitrogens is 2. The third-order valence-corrected chi connectivity index (χ3v) is 1.83. The van der Waals surface area contributed by atoms with E-state index in [9.17, 15) is 0 Å². The van der Waals surface area contributed by atoms with Gasteiger partial charge in [-0.15, -0.1) is 11.8 Å². The van der Waals surface area contributed by atoms with Gasteiger partial charge in [0.15, 0.2) is 0 Å². The van der Waals surface area contributed by atoms with E-state index in [-0.39, 0.29) is 0 Å². The molecule has 0 aliphatic rings. The Hall–Kier alpha value is -0.770. The van der Waals surface area contributed by atoms with Crippen LogP contribution in [0.1, 0.15) is 5.69 Å². The van der Waals surface area contributed by atoms with Crippen molar-refractivity contribution in [3.05, 3.63) is 11.8 Å². The van der Waals surface area contributed by atoms with Crippen LogP contribution in [0.2, 0.25) is 0 Å². The fourth-order valence-electron chi connectivity index (χ4n) is 0.709. The Bertz CT molecular complexity index is 230. The Morgan fingerprint density at radius 2 is 2.18 bits per heavy atom. The highest BCUT2D eigenvalue weighted by molar-refractivity contribution is 7.98. The Labute approximate surface area is 70.2 Å². The summed E-state index contributed by atoms with van der Waals surface area (Å²) in [5.74, 6) is 0. The summed E-state index contributed by atoms with van der Waals surface area (Å²) in [7, 11) is 1.57. The van der Waals surface area contributed by atoms with Gasteiger partial charge in [-0.25, -0.2) is 4.98 Å². The highest BCUT2D eigenvalue weighted by Crippen LogP contribution is 2.14. The van der Waals surface area contributed by atoms with Gasteiger partial charge < -0.3 is 4.74 Å². The number of rotatable bonds is 2. The third kappa shape index (κ3) is 2.08. The molecule has 0 atom stereocenters. The molecule has 1 rings (SSSR count). The highest BCUT2D eigenvalue weighted by Gasteiger charge is 1.99. The first-order valence-corrected chi connectivity index (χ1v) is 4.42. The lowest BCUT2D eigenvalue weighted by molar-refractivity contribution is 0.375. The van der Waals surface area contributed by atoms with Gasteiger partial charge in [-0.2, -0.15) is 4.98 Å². The van der Waals surface area contributed by atoms with Gasteiger partial charge in [0.1, 0.15) is 5.03 Å². The van der Waals surface area contributed by atoms with E-state index in [1.165, 1.54) is 0 Å². The molecular formula is C7H10N2OS. The maximum Gasteiger partial charge on any atom is 0.317 e. The minimum atomic E-state index is 0.439. The quantitative estimate of drug-likeness (QED) is 0.498. The molecule has 0 spiro atoms. The van der Waals surface area contributed by atoms with Gasteiger partial charge in [0.2, 0.25) is 0 Å². The molecule has 0 unspecified atom stereocenters. The first kappa shape index (κ1) is 8.33. The molecule has 0 radical (unpaired) electrons. The predicted octanol–water partition coefficient (Wildman–Crippen LogP) is 1.52. The third-order valence-electron chi connectivity index (χ3n) is 1.20. The van der Waals surface area contributed by atoms with Gasteiger partial charge >= 0.3 is 6.01 Å². The summed E-state index contributed by atoms with van der Waals surface area (Å²) in [5.41, 5.74) is 0.932. The van der Waals surface area contributed by atoms with E-state index in [1.54, 1.807) is 18.9 Å². The monoisotopic (exact) mass is 170 g/mol. The normalized spacial score (nSPS) is 9.73. The fraction of sp³-hybridized carbons (Fsp3) is 0.429. The van der Waals surface area contributed by atoms with Crippen LogP contribution in [-0.4, -0.2) is 23.3 Å². The number of methoxy groups -OCH3 is 1. The van der Waals surface area contributed by atoms with Gasteiger partial charge in [0.25, 0.3) is 0 Å². The molecule has 0 aromatic carbocycles. The maximum absolute atomic E-state index is 4.90. The van der Waals surface area contributed by atoms with E-state index >= 15 is 0 Å². The Kier molecular flexibility index (Phi) is 2.70. The molecule has 0 saturated carbocycles. The largest absolute Gasteiger partial charge is 0.467 e. The molecule has 0 aliphatic carbocycles. The molecule has 0 N–H and O–H groups in total. The number of ether oxygens (including phenoxy) is 1. The Balaban J connectivity index is 3.02. The summed E-state index contributed by atoms with van der Waals surface area (Å²) >= 11 is 1.58. The molecule has 0 aliphatic heterocycles. The van der Waals surface area contributed by atoms with Crippen LogP contribution in [-0.2, 0) is 0 Å². The summed E-state index contributed by atoms with van der Waals surface area (Å²) in [6, 6.07) is 2.36. The molecule has 0 bridgehead atoms. The van der Waals surface area contributed by atoms with Crippen molar-refractivity contribution in [2.45, 2.75) is 11.9 Å². The minimum absolute atomic E-state index is 0.439. The standard InChI is InChI=1S/C7H10N2OS/c1-5-4-6(11-3)9-7(8-5)10-2/h4H,1-3H3. The van der Waals surface area contributed by atoms with Gasteiger partial charge in [0.05, 0.1) is 7.11 Å². The average molecular weight is 170 g/mol. The summed E-state index contributed by atoms with van der Waals surface area (Å²) in [5, 5.41) is 0.939. The minimum Gasteiger partial charge on any atom is -0.467 e. The SMILES string of the molecule is COc1nc(C)cc(SC)n1. The van der Waals surface area contributed by atoms with Crippen molar-refractivity contribution >= 4 is 11.8 Å². The molecule has 1 aromatic rings. The molecule has 3 nitrogen and oxygen atoms in total. The summed E-state index contributed by atoms with van der Waals surface area (Å²) in [6.07, 6.45) is 1.97. The zero-order valence-electron chi connectivity index (χ0n) is 6.79. The highest BCUT2D eigenvalue weighted by atomic mass is 32.2. The van der Waals surface area contributed by atoms with Crippen molar-refractivity contribution in [2.24, 2.45) is 0 Å². The molecule has 4 heteroatoms. The fourth-order valence-corrected chi connectivity index (χ4v) is 1.17. The molecule has 0 saturated heterocycles. The second-order valence-corrected chi connectivity index (χ2v) is 2.86. The predicted molar refractivity (Wildman–Crippen MR) is 45.1 cm³/mol. The van der Waals surface area contributed by atoms with Crippen LogP contribution in [0.3, 0.4) is 0 Å². The topological polar surface area (TPSA) is 35.0 Å². The lowest BCUT2D eigenvalue weighted by Gasteiger charge is -2.00. The van der Waals surface area contributed by atoms with Crippen molar-refractivity contribution in [1.82, 2.24) is 9.97 Å². The van der Waals surface area contributed by atoms with Crippen molar-refractivity contribution < 1.29 is 4.74 Å². The van der Waals surface area contributed by atoms with Gasteiger partial charge in [-0.3, -0.25) is 0 Å². The van der Waals surface area contributed by atoms with Crippen molar-refractivity contribution in [2.75, 3.05) is 13.4 Å². The summed E-state index contributed by atoms with van der Waals surface area (Å²) in [4.78, 5) is 8.15. The lowest BCUT2D eigenvalue weighted by atomic mass is 10.5. The van der Waals surface area contributed by atoms with Gasteiger partial charge in [-0.05, 0) is 19.2 Å². The number of hydrogen-bond donors (Lipinski definition) is 0. The Morgan fingerprint density at radius 1 is 1.45 bits per heavy atom. The van der Waals surface area contributed by atoms with Crippen molar-refractivity contribution in [3.63, 3.8) is 0 Å². The lowest BCUT2D eigenvalue weighted by Crippen LogP contribution is -1.94. The second kappa shape index (κ2) is 3.57. The van der Waals surface area contributed by atoms with Crippen molar-refractivity contribution in [3.8, 4) is 6.01 Å². The van der Waals surface area contributed by atoms with Gasteiger partial charge in [0, 0.05) is 5.69 Å². The molecule has 11 heavy (non-hydrogen) atoms. The number of hydrogen-bond acceptors (Lipinski definition) is 4. The second-order valence-electron chi connectivity index (χ2n) is 2.04. The number of thioether (sulfide) groups is 1. The van der Waals surface area contributed by atoms with Crippen LogP contribution in [0.15, 0.2) is 11.1 Å². The maximum atomic E-state index is 4.90. The van der Waals surface area contributed by atoms with Crippen LogP contribution in [0.25, 0.3) is 0 Å². The zero-order valence-corrected chi connectivity index (χ0v) is 7.60. The molecule has 0 amide bonds. The first-order chi connectivity index (χ1) is 5.26. The van der Waals surface area contributed by atoms with Crippen molar-refractivity contribution in [1.29, 1.82) is 0 Å². The molecule has 1 aromatic heterocycles. The summed E-state index contributed by atoms with van der Waals surface area (Å²) in [6.45, 7) is 1.92. The smallest absolute Gasteiger partial charge is 0.317 e. The van der Waals surface area contributed by atoms with E-state index in [2.05, 4.69) is 9.97 Å². The number of aryl methyl sites for hydroxylation is 1. The molecule has 60 valence electrons. The zero-order chi connectivity index (χ0) is 8.27. The molecule has 1 heterocycles. The first-order valence-electron chi connectivity index (χ1n) is 3.20. The molecular weight excluding hydrogens is 160 g/mol. The van der Waals surface area contributed by atoms with Gasteiger partial charge in [-0.1, -0.05) is 0 Å². The van der Waals surface area contributed by atoms with Crippen LogP contribution in [0.4, 0.5) is 0 Å². The van der Waals surface area contributed by atoms with E-state index in [4.69, 9.17) is 4.74 Å². The average Bonchev–Trinajstić information content (AvgIpc) is 2.03. The van der Waals surface area contributed by atoms with Crippen LogP contribution >= 0.6 is 11.8 Å². The van der Waals surface area contributed by atoms with E-state index in [0.717, 1.165) is 10.7 Å².